The number of carbonyl (C=O) groups excluding carboxylic acids is 2. The van der Waals surface area contributed by atoms with Gasteiger partial charge in [0.15, 0.2) is 0 Å². The van der Waals surface area contributed by atoms with E-state index in [-0.39, 0.29) is 11.5 Å². The molecule has 5 nitrogen and oxygen atoms in total. The highest BCUT2D eigenvalue weighted by Gasteiger charge is 2.18. The zero-order chi connectivity index (χ0) is 13.7. The van der Waals surface area contributed by atoms with Gasteiger partial charge in [-0.1, -0.05) is 24.6 Å². The fourth-order valence-electron chi connectivity index (χ4n) is 1.31. The monoisotopic (exact) mass is 256 g/mol. The SMILES string of the molecule is C#COC(=O)c1ccc(C(=O)Oc2ccccc2)o1. The van der Waals surface area contributed by atoms with Crippen molar-refractivity contribution in [2.75, 3.05) is 0 Å². The largest absolute Gasteiger partial charge is 0.442 e. The molecular formula is C14H8O5. The molecule has 1 heterocycles. The molecule has 0 bridgehead atoms. The van der Waals surface area contributed by atoms with Crippen LogP contribution >= 0.6 is 0 Å². The molecule has 0 aliphatic rings. The Bertz CT molecular complexity index is 633. The van der Waals surface area contributed by atoms with Crippen LogP contribution in [0.1, 0.15) is 21.1 Å². The van der Waals surface area contributed by atoms with Crippen LogP contribution in [0.3, 0.4) is 0 Å². The van der Waals surface area contributed by atoms with E-state index in [0.29, 0.717) is 5.75 Å². The van der Waals surface area contributed by atoms with Crippen molar-refractivity contribution in [3.8, 4) is 18.3 Å². The van der Waals surface area contributed by atoms with Gasteiger partial charge in [-0.2, -0.15) is 0 Å². The van der Waals surface area contributed by atoms with Crippen molar-refractivity contribution in [2.24, 2.45) is 0 Å². The first-order chi connectivity index (χ1) is 9.20. The molecule has 5 heteroatoms. The normalized spacial score (nSPS) is 9.42. The number of carbonyl (C=O) groups is 2. The fraction of sp³-hybridized carbons (Fsp3) is 0. The van der Waals surface area contributed by atoms with Crippen LogP contribution in [-0.4, -0.2) is 11.9 Å². The Morgan fingerprint density at radius 1 is 1.00 bits per heavy atom. The summed E-state index contributed by atoms with van der Waals surface area (Å²) in [5, 5.41) is 0. The van der Waals surface area contributed by atoms with Gasteiger partial charge in [-0.25, -0.2) is 9.59 Å². The predicted octanol–water partition coefficient (Wildman–Crippen LogP) is 2.25. The summed E-state index contributed by atoms with van der Waals surface area (Å²) < 4.78 is 14.3. The number of terminal acetylenes is 1. The molecular weight excluding hydrogens is 248 g/mol. The average molecular weight is 256 g/mol. The Hall–Kier alpha value is -3.00. The van der Waals surface area contributed by atoms with Crippen LogP contribution in [0.5, 0.6) is 5.75 Å². The molecule has 0 aliphatic carbocycles. The van der Waals surface area contributed by atoms with Gasteiger partial charge in [-0.15, -0.1) is 0 Å². The van der Waals surface area contributed by atoms with E-state index in [1.165, 1.54) is 12.1 Å². The third-order valence-corrected chi connectivity index (χ3v) is 2.11. The summed E-state index contributed by atoms with van der Waals surface area (Å²) >= 11 is 0. The Kier molecular flexibility index (Phi) is 3.64. The van der Waals surface area contributed by atoms with Crippen molar-refractivity contribution in [1.82, 2.24) is 0 Å². The standard InChI is InChI=1S/C14H8O5/c1-2-17-13(15)11-8-9-12(19-11)14(16)18-10-6-4-3-5-7-10/h1,3-9H. The lowest BCUT2D eigenvalue weighted by Crippen LogP contribution is -2.07. The maximum Gasteiger partial charge on any atom is 0.388 e. The van der Waals surface area contributed by atoms with Crippen LogP contribution in [0.2, 0.25) is 0 Å². The Morgan fingerprint density at radius 2 is 1.63 bits per heavy atom. The number of hydrogen-bond acceptors (Lipinski definition) is 5. The number of hydrogen-bond donors (Lipinski definition) is 0. The topological polar surface area (TPSA) is 65.7 Å². The first-order valence-corrected chi connectivity index (χ1v) is 5.24. The van der Waals surface area contributed by atoms with Gasteiger partial charge in [-0.3, -0.25) is 0 Å². The van der Waals surface area contributed by atoms with Crippen LogP contribution < -0.4 is 4.74 Å². The number of furan rings is 1. The summed E-state index contributed by atoms with van der Waals surface area (Å²) in [6.45, 7) is 0. The first-order valence-electron chi connectivity index (χ1n) is 5.24. The number of benzene rings is 1. The second-order valence-electron chi connectivity index (χ2n) is 3.37. The molecule has 94 valence electrons. The van der Waals surface area contributed by atoms with E-state index in [4.69, 9.17) is 15.6 Å². The minimum absolute atomic E-state index is 0.118. The minimum Gasteiger partial charge on any atom is -0.442 e. The van der Waals surface area contributed by atoms with E-state index in [2.05, 4.69) is 4.74 Å². The van der Waals surface area contributed by atoms with E-state index in [1.807, 2.05) is 0 Å². The van der Waals surface area contributed by atoms with E-state index < -0.39 is 11.9 Å². The summed E-state index contributed by atoms with van der Waals surface area (Å²) in [6.07, 6.45) is 6.53. The van der Waals surface area contributed by atoms with Crippen LogP contribution in [0, 0.1) is 12.5 Å². The van der Waals surface area contributed by atoms with Gasteiger partial charge in [0.1, 0.15) is 11.9 Å². The van der Waals surface area contributed by atoms with E-state index >= 15 is 0 Å². The highest BCUT2D eigenvalue weighted by molar-refractivity contribution is 5.92. The molecule has 0 aliphatic heterocycles. The third kappa shape index (κ3) is 3.01. The number of esters is 2. The van der Waals surface area contributed by atoms with Crippen LogP contribution in [0.15, 0.2) is 46.9 Å². The van der Waals surface area contributed by atoms with Gasteiger partial charge in [0.25, 0.3) is 0 Å². The molecule has 2 rings (SSSR count). The molecule has 0 spiro atoms. The van der Waals surface area contributed by atoms with Gasteiger partial charge in [-0.05, 0) is 24.3 Å². The molecule has 0 saturated heterocycles. The molecule has 1 aromatic heterocycles. The van der Waals surface area contributed by atoms with Crippen molar-refractivity contribution in [3.63, 3.8) is 0 Å². The molecule has 0 amide bonds. The number of rotatable bonds is 3. The lowest BCUT2D eigenvalue weighted by Gasteiger charge is -2.00. The van der Waals surface area contributed by atoms with Crippen molar-refractivity contribution in [3.05, 3.63) is 54.0 Å². The van der Waals surface area contributed by atoms with Crippen LogP contribution in [0.25, 0.3) is 0 Å². The minimum atomic E-state index is -0.846. The van der Waals surface area contributed by atoms with Gasteiger partial charge in [0, 0.05) is 0 Å². The summed E-state index contributed by atoms with van der Waals surface area (Å²) in [5.74, 6) is -1.48. The molecule has 0 fully saturated rings. The van der Waals surface area contributed by atoms with Gasteiger partial charge in [0.05, 0.1) is 0 Å². The van der Waals surface area contributed by atoms with E-state index in [1.54, 1.807) is 36.4 Å². The second-order valence-corrected chi connectivity index (χ2v) is 3.37. The molecule has 0 N–H and O–H groups in total. The third-order valence-electron chi connectivity index (χ3n) is 2.11. The van der Waals surface area contributed by atoms with Crippen molar-refractivity contribution in [2.45, 2.75) is 0 Å². The molecule has 0 atom stereocenters. The lowest BCUT2D eigenvalue weighted by atomic mass is 10.3. The summed E-state index contributed by atoms with van der Waals surface area (Å²) in [7, 11) is 0. The summed E-state index contributed by atoms with van der Waals surface area (Å²) in [6, 6.07) is 11.1. The summed E-state index contributed by atoms with van der Waals surface area (Å²) in [4.78, 5) is 22.9. The van der Waals surface area contributed by atoms with Gasteiger partial charge in [0.2, 0.25) is 11.5 Å². The molecule has 2 aromatic rings. The highest BCUT2D eigenvalue weighted by Crippen LogP contribution is 2.14. The van der Waals surface area contributed by atoms with Crippen LogP contribution in [-0.2, 0) is 4.74 Å². The molecule has 19 heavy (non-hydrogen) atoms. The van der Waals surface area contributed by atoms with Crippen LogP contribution in [0.4, 0.5) is 0 Å². The number of ether oxygens (including phenoxy) is 2. The van der Waals surface area contributed by atoms with Crippen molar-refractivity contribution >= 4 is 11.9 Å². The second kappa shape index (κ2) is 5.56. The predicted molar refractivity (Wildman–Crippen MR) is 64.4 cm³/mol. The lowest BCUT2D eigenvalue weighted by molar-refractivity contribution is 0.0641. The zero-order valence-electron chi connectivity index (χ0n) is 9.66. The van der Waals surface area contributed by atoms with E-state index in [0.717, 1.165) is 0 Å². The molecule has 0 radical (unpaired) electrons. The maximum atomic E-state index is 11.7. The maximum absolute atomic E-state index is 11.7. The molecule has 0 saturated carbocycles. The van der Waals surface area contributed by atoms with Crippen molar-refractivity contribution in [1.29, 1.82) is 0 Å². The van der Waals surface area contributed by atoms with Gasteiger partial charge >= 0.3 is 11.9 Å². The Balaban J connectivity index is 2.09. The quantitative estimate of drug-likeness (QED) is 0.478. The molecule has 0 unspecified atom stereocenters. The first kappa shape index (κ1) is 12.5. The summed E-state index contributed by atoms with van der Waals surface area (Å²) in [5.41, 5.74) is 0. The number of para-hydroxylation sites is 1. The highest BCUT2D eigenvalue weighted by atomic mass is 16.6. The zero-order valence-corrected chi connectivity index (χ0v) is 9.66. The Morgan fingerprint density at radius 3 is 2.26 bits per heavy atom. The smallest absolute Gasteiger partial charge is 0.388 e. The average Bonchev–Trinajstić information content (AvgIpc) is 2.90. The van der Waals surface area contributed by atoms with Gasteiger partial charge < -0.3 is 13.9 Å². The Labute approximate surface area is 108 Å². The van der Waals surface area contributed by atoms with Crippen molar-refractivity contribution < 1.29 is 23.5 Å². The molecule has 1 aromatic carbocycles. The van der Waals surface area contributed by atoms with E-state index in [9.17, 15) is 9.59 Å². The fourth-order valence-corrected chi connectivity index (χ4v) is 1.31.